The summed E-state index contributed by atoms with van der Waals surface area (Å²) >= 11 is 0. The van der Waals surface area contributed by atoms with Gasteiger partial charge in [-0.15, -0.1) is 0 Å². The summed E-state index contributed by atoms with van der Waals surface area (Å²) < 4.78 is 5.59. The number of aromatic carboxylic acids is 1. The number of oxazole rings is 1. The Labute approximate surface area is 123 Å². The van der Waals surface area contributed by atoms with E-state index in [9.17, 15) is 4.79 Å². The Morgan fingerprint density at radius 2 is 2.14 bits per heavy atom. The van der Waals surface area contributed by atoms with E-state index in [4.69, 9.17) is 9.52 Å². The number of anilines is 1. The van der Waals surface area contributed by atoms with Crippen molar-refractivity contribution < 1.29 is 14.3 Å². The van der Waals surface area contributed by atoms with E-state index >= 15 is 0 Å². The number of carboxylic acid groups (broad SMARTS) is 1. The van der Waals surface area contributed by atoms with Gasteiger partial charge in [0.15, 0.2) is 5.58 Å². The first-order valence-corrected chi connectivity index (χ1v) is 7.49. The second kappa shape index (κ2) is 5.76. The maximum atomic E-state index is 10.9. The van der Waals surface area contributed by atoms with Gasteiger partial charge < -0.3 is 14.8 Å². The van der Waals surface area contributed by atoms with Crippen molar-refractivity contribution in [2.24, 2.45) is 11.8 Å². The Kier molecular flexibility index (Phi) is 3.82. The van der Waals surface area contributed by atoms with Gasteiger partial charge in [-0.05, 0) is 42.9 Å². The van der Waals surface area contributed by atoms with Crippen molar-refractivity contribution in [2.45, 2.75) is 32.6 Å². The summed E-state index contributed by atoms with van der Waals surface area (Å²) in [6, 6.07) is 5.21. The number of benzene rings is 1. The van der Waals surface area contributed by atoms with Gasteiger partial charge in [-0.2, -0.15) is 4.98 Å². The van der Waals surface area contributed by atoms with Crippen LogP contribution < -0.4 is 5.32 Å². The molecule has 0 atom stereocenters. The predicted molar refractivity (Wildman–Crippen MR) is 80.6 cm³/mol. The molecule has 1 fully saturated rings. The standard InChI is InChI=1S/C16H20N2O3/c1-10-2-4-11(5-3-10)9-17-16-18-13-7-6-12(15(19)20)8-14(13)21-16/h6-8,10-11H,2-5,9H2,1H3,(H,17,18)(H,19,20). The number of hydrogen-bond acceptors (Lipinski definition) is 4. The highest BCUT2D eigenvalue weighted by atomic mass is 16.4. The third-order valence-electron chi connectivity index (χ3n) is 4.31. The van der Waals surface area contributed by atoms with Crippen molar-refractivity contribution >= 4 is 23.1 Å². The topological polar surface area (TPSA) is 75.4 Å². The largest absolute Gasteiger partial charge is 0.478 e. The van der Waals surface area contributed by atoms with Crippen LogP contribution in [0.5, 0.6) is 0 Å². The van der Waals surface area contributed by atoms with Gasteiger partial charge in [-0.25, -0.2) is 4.79 Å². The van der Waals surface area contributed by atoms with Crippen LogP contribution in [0, 0.1) is 11.8 Å². The van der Waals surface area contributed by atoms with Crippen molar-refractivity contribution in [3.05, 3.63) is 23.8 Å². The Morgan fingerprint density at radius 1 is 1.38 bits per heavy atom. The summed E-state index contributed by atoms with van der Waals surface area (Å²) in [6.45, 7) is 3.18. The molecule has 3 rings (SSSR count). The lowest BCUT2D eigenvalue weighted by atomic mass is 9.83. The van der Waals surface area contributed by atoms with Crippen LogP contribution in [0.15, 0.2) is 22.6 Å². The number of hydrogen-bond donors (Lipinski definition) is 2. The number of carbonyl (C=O) groups is 1. The highest BCUT2D eigenvalue weighted by Gasteiger charge is 2.18. The summed E-state index contributed by atoms with van der Waals surface area (Å²) in [7, 11) is 0. The van der Waals surface area contributed by atoms with Crippen molar-refractivity contribution in [2.75, 3.05) is 11.9 Å². The molecule has 0 amide bonds. The molecular weight excluding hydrogens is 268 g/mol. The zero-order valence-electron chi connectivity index (χ0n) is 12.1. The molecule has 0 aliphatic heterocycles. The summed E-state index contributed by atoms with van der Waals surface area (Å²) in [6.07, 6.45) is 5.08. The molecule has 1 aliphatic carbocycles. The molecule has 1 aliphatic rings. The van der Waals surface area contributed by atoms with Gasteiger partial charge in [0.2, 0.25) is 0 Å². The second-order valence-electron chi connectivity index (χ2n) is 6.01. The highest BCUT2D eigenvalue weighted by Crippen LogP contribution is 2.28. The van der Waals surface area contributed by atoms with E-state index in [1.54, 1.807) is 12.1 Å². The molecule has 112 valence electrons. The van der Waals surface area contributed by atoms with E-state index < -0.39 is 5.97 Å². The maximum absolute atomic E-state index is 10.9. The molecule has 5 nitrogen and oxygen atoms in total. The third kappa shape index (κ3) is 3.17. The maximum Gasteiger partial charge on any atom is 0.335 e. The molecular formula is C16H20N2O3. The lowest BCUT2D eigenvalue weighted by Gasteiger charge is -2.25. The van der Waals surface area contributed by atoms with Crippen molar-refractivity contribution in [1.82, 2.24) is 4.98 Å². The van der Waals surface area contributed by atoms with E-state index in [1.165, 1.54) is 31.7 Å². The molecule has 2 N–H and O–H groups in total. The Hall–Kier alpha value is -2.04. The number of aromatic nitrogens is 1. The van der Waals surface area contributed by atoms with Crippen LogP contribution in [-0.2, 0) is 0 Å². The first-order valence-electron chi connectivity index (χ1n) is 7.49. The summed E-state index contributed by atoms with van der Waals surface area (Å²) in [4.78, 5) is 15.3. The molecule has 5 heteroatoms. The molecule has 0 bridgehead atoms. The first-order chi connectivity index (χ1) is 10.1. The molecule has 21 heavy (non-hydrogen) atoms. The number of nitrogens with one attached hydrogen (secondary N) is 1. The quantitative estimate of drug-likeness (QED) is 0.895. The van der Waals surface area contributed by atoms with Crippen LogP contribution in [0.4, 0.5) is 6.01 Å². The van der Waals surface area contributed by atoms with E-state index in [0.29, 0.717) is 23.0 Å². The summed E-state index contributed by atoms with van der Waals surface area (Å²) in [5.41, 5.74) is 1.40. The lowest BCUT2D eigenvalue weighted by Crippen LogP contribution is -2.20. The van der Waals surface area contributed by atoms with Crippen molar-refractivity contribution in [3.8, 4) is 0 Å². The molecule has 2 aromatic rings. The Morgan fingerprint density at radius 3 is 2.86 bits per heavy atom. The van der Waals surface area contributed by atoms with Crippen LogP contribution in [0.3, 0.4) is 0 Å². The van der Waals surface area contributed by atoms with E-state index in [0.717, 1.165) is 12.5 Å². The second-order valence-corrected chi connectivity index (χ2v) is 6.01. The molecule has 0 saturated heterocycles. The Balaban J connectivity index is 1.66. The summed E-state index contributed by atoms with van der Waals surface area (Å²) in [5.74, 6) is 0.560. The molecule has 0 radical (unpaired) electrons. The lowest BCUT2D eigenvalue weighted by molar-refractivity contribution is 0.0697. The average molecular weight is 288 g/mol. The van der Waals surface area contributed by atoms with Gasteiger partial charge in [-0.1, -0.05) is 19.8 Å². The van der Waals surface area contributed by atoms with Crippen molar-refractivity contribution in [3.63, 3.8) is 0 Å². The van der Waals surface area contributed by atoms with Crippen LogP contribution in [0.2, 0.25) is 0 Å². The minimum absolute atomic E-state index is 0.214. The third-order valence-corrected chi connectivity index (χ3v) is 4.31. The van der Waals surface area contributed by atoms with Crippen LogP contribution >= 0.6 is 0 Å². The van der Waals surface area contributed by atoms with Gasteiger partial charge in [0.05, 0.1) is 5.56 Å². The molecule has 0 spiro atoms. The van der Waals surface area contributed by atoms with Gasteiger partial charge in [0, 0.05) is 6.54 Å². The van der Waals surface area contributed by atoms with E-state index in [-0.39, 0.29) is 5.56 Å². The SMILES string of the molecule is CC1CCC(CNc2nc3ccc(C(=O)O)cc3o2)CC1. The molecule has 0 unspecified atom stereocenters. The molecule has 1 aromatic carbocycles. The zero-order valence-corrected chi connectivity index (χ0v) is 12.1. The predicted octanol–water partition coefficient (Wildman–Crippen LogP) is 3.76. The minimum atomic E-state index is -0.959. The normalized spacial score (nSPS) is 22.3. The number of fused-ring (bicyclic) bond motifs is 1. The van der Waals surface area contributed by atoms with Gasteiger partial charge in [0.25, 0.3) is 6.01 Å². The number of carboxylic acids is 1. The fourth-order valence-corrected chi connectivity index (χ4v) is 2.90. The molecule has 1 saturated carbocycles. The Bertz CT molecular complexity index is 642. The number of rotatable bonds is 4. The van der Waals surface area contributed by atoms with Gasteiger partial charge >= 0.3 is 5.97 Å². The molecule has 1 aromatic heterocycles. The monoisotopic (exact) mass is 288 g/mol. The average Bonchev–Trinajstić information content (AvgIpc) is 2.88. The first kappa shape index (κ1) is 13.9. The van der Waals surface area contributed by atoms with Crippen LogP contribution in [0.1, 0.15) is 43.0 Å². The van der Waals surface area contributed by atoms with Gasteiger partial charge in [0.1, 0.15) is 5.52 Å². The van der Waals surface area contributed by atoms with E-state index in [2.05, 4.69) is 17.2 Å². The summed E-state index contributed by atoms with van der Waals surface area (Å²) in [5, 5.41) is 12.2. The van der Waals surface area contributed by atoms with Gasteiger partial charge in [-0.3, -0.25) is 0 Å². The number of nitrogens with zero attached hydrogens (tertiary/aromatic N) is 1. The van der Waals surface area contributed by atoms with E-state index in [1.807, 2.05) is 0 Å². The van der Waals surface area contributed by atoms with Crippen LogP contribution in [-0.4, -0.2) is 22.6 Å². The molecule has 1 heterocycles. The van der Waals surface area contributed by atoms with Crippen LogP contribution in [0.25, 0.3) is 11.1 Å². The zero-order chi connectivity index (χ0) is 14.8. The fraction of sp³-hybridized carbons (Fsp3) is 0.500. The highest BCUT2D eigenvalue weighted by molar-refractivity contribution is 5.92. The smallest absolute Gasteiger partial charge is 0.335 e. The van der Waals surface area contributed by atoms with Crippen molar-refractivity contribution in [1.29, 1.82) is 0 Å². The fourth-order valence-electron chi connectivity index (χ4n) is 2.90. The minimum Gasteiger partial charge on any atom is -0.478 e.